The van der Waals surface area contributed by atoms with Crippen molar-refractivity contribution in [2.45, 2.75) is 94.8 Å². The van der Waals surface area contributed by atoms with Gasteiger partial charge in [-0.3, -0.25) is 38.4 Å². The lowest BCUT2D eigenvalue weighted by Gasteiger charge is -2.35. The van der Waals surface area contributed by atoms with Crippen LogP contribution in [0.1, 0.15) is 160 Å². The number of hydrogen-bond acceptors (Lipinski definition) is 28. The van der Waals surface area contributed by atoms with E-state index in [2.05, 4.69) is 117 Å². The number of H-pyrrole nitrogens is 4. The van der Waals surface area contributed by atoms with Gasteiger partial charge in [0.05, 0.1) is 91.9 Å². The Morgan fingerprint density at radius 3 is 1.15 bits per heavy atom. The smallest absolute Gasteiger partial charge is 0.234 e. The molecule has 1 saturated carbocycles. The van der Waals surface area contributed by atoms with Gasteiger partial charge in [-0.2, -0.15) is 0 Å². The summed E-state index contributed by atoms with van der Waals surface area (Å²) in [6.45, 7) is 6.72. The zero-order chi connectivity index (χ0) is 97.8. The number of aromatic nitrogens is 12. The van der Waals surface area contributed by atoms with Crippen molar-refractivity contribution in [2.75, 3.05) is 134 Å². The first-order valence-corrected chi connectivity index (χ1v) is 46.0. The molecular weight excluding hydrogens is 1860 g/mol. The molecule has 36 nitrogen and oxygen atoms in total. The molecule has 0 radical (unpaired) electrons. The van der Waals surface area contributed by atoms with Crippen LogP contribution in [-0.2, 0) is 38.1 Å². The number of nitrogens with zero attached hydrogens (tertiary/aromatic N) is 12. The van der Waals surface area contributed by atoms with Crippen molar-refractivity contribution in [1.29, 1.82) is 0 Å². The van der Waals surface area contributed by atoms with Crippen molar-refractivity contribution in [3.05, 3.63) is 237 Å². The summed E-state index contributed by atoms with van der Waals surface area (Å²) in [6, 6.07) is 27.8. The molecule has 0 bridgehead atoms. The highest BCUT2D eigenvalue weighted by molar-refractivity contribution is 6.31. The Bertz CT molecular complexity index is 5930. The molecule has 4 aromatic carbocycles. The number of hydrogen-bond donors (Lipinski definition) is 8. The minimum atomic E-state index is -0.599. The van der Waals surface area contributed by atoms with Crippen molar-refractivity contribution in [3.8, 4) is 45.4 Å². The van der Waals surface area contributed by atoms with E-state index in [9.17, 15) is 55.9 Å². The minimum absolute atomic E-state index is 0.0154. The van der Waals surface area contributed by atoms with Crippen LogP contribution in [0.3, 0.4) is 0 Å². The Hall–Kier alpha value is -12.6. The molecule has 4 amide bonds. The van der Waals surface area contributed by atoms with E-state index in [1.165, 1.54) is 91.8 Å². The second kappa shape index (κ2) is 50.1. The zero-order valence-electron chi connectivity index (χ0n) is 76.4. The maximum absolute atomic E-state index is 14.2. The number of imidazole rings is 4. The zero-order valence-corrected chi connectivity index (χ0v) is 78.7. The summed E-state index contributed by atoms with van der Waals surface area (Å²) in [4.78, 5) is 137. The molecule has 43 heteroatoms. The summed E-state index contributed by atoms with van der Waals surface area (Å²) < 4.78 is 96.0. The van der Waals surface area contributed by atoms with E-state index in [1.54, 1.807) is 79.8 Å². The highest BCUT2D eigenvalue weighted by atomic mass is 35.5. The summed E-state index contributed by atoms with van der Waals surface area (Å²) >= 11 is 19.3. The largest absolute Gasteiger partial charge is 0.379 e. The topological polar surface area (TPSA) is 453 Å². The third-order valence-electron chi connectivity index (χ3n) is 23.4. The van der Waals surface area contributed by atoms with Crippen LogP contribution < -0.4 is 21.3 Å². The Morgan fingerprint density at radius 1 is 0.457 bits per heavy atom. The molecule has 8 N–H and O–H groups in total. The number of nitrogens with one attached hydrogen (secondary N) is 8. The average Bonchev–Trinajstić information content (AvgIpc) is 1.58. The molecule has 732 valence electrons. The Morgan fingerprint density at radius 2 is 0.804 bits per heavy atom. The third-order valence-corrected chi connectivity index (χ3v) is 24.3. The van der Waals surface area contributed by atoms with Gasteiger partial charge in [0.25, 0.3) is 0 Å². The van der Waals surface area contributed by atoms with Crippen LogP contribution in [0.15, 0.2) is 171 Å². The quantitative estimate of drug-likeness (QED) is 0.00998. The summed E-state index contributed by atoms with van der Waals surface area (Å²) in [5, 5.41) is 27.1. The predicted octanol–water partition coefficient (Wildman–Crippen LogP) is 13.5. The monoisotopic (exact) mass is 1960 g/mol. The summed E-state index contributed by atoms with van der Waals surface area (Å²) in [5.41, 5.74) is 5.63. The highest BCUT2D eigenvalue weighted by Gasteiger charge is 2.58. The molecule has 4 fully saturated rings. The highest BCUT2D eigenvalue weighted by Crippen LogP contribution is 2.59. The van der Waals surface area contributed by atoms with Crippen molar-refractivity contribution < 1.29 is 93.0 Å². The Labute approximate surface area is 805 Å². The predicted molar refractivity (Wildman–Crippen MR) is 496 cm³/mol. The molecule has 4 aliphatic rings. The standard InChI is InChI=1S/C27H31ClFN5O4.C23H25ClFN5O4.C23H26FN5O4.C22H25ClFN5O4/c1-34-11-9-27(10-12-34)15-19(27)26(36)30-21(16-37-13-2-3-22(35)20-8-14-38-33-20)23-24(28)32-25(31-23)17-4-6-18(29)7-5-17;1-30-11-15(12-30)23(32)26-18(13-33-9-2-3-19(31)17-8-10-34-29-17)20-21(24)28-22(27-20)14-4-6-16(25)7-5-14;1-29-12-15(13-29)23(31)27-20(14-32-9-4-7-21(30)18-8-10-33-28-18)22-25-11-19(26-22)16-5-2-3-6-17(16)24;1-29(2)12-19(31)25-17(13-32-10-3-4-18(30)16-9-11-33-28-16)20-21(23)27-22(26-20)14-5-7-15(24)8-6-14/h4-8,14,19,21H,2-3,9-13,15-16H2,1H3,(H,30,36)(H,31,32);4-8,10,15,18H,2-3,9,11-13H2,1H3,(H,26,32)(H,27,28);2-3,5-6,8,10-11,15,20H,4,7,9,12-14H2,1H3,(H,25,26)(H,27,31);5-9,11,17H,3-4,10,12-13H2,1-2H3,(H,25,31)(H,26,27)/t19?,21-;18-;20-;17-/m0000/s1. The SMILES string of the molecule is CN(C)CC(=O)N[C@@H](COCCCC(=O)c1ccon1)c1[nH]c(-c2ccc(F)cc2)nc1Cl.CN1CC(C(=O)N[C@@H](COCCCC(=O)c2ccon2)c2[nH]c(-c3ccc(F)cc3)nc2Cl)C1.CN1CC(C(=O)N[C@@H](COCCCC(=O)c2ccon2)c2ncc(-c3ccccc3F)[nH]2)C1.CN1CCC2(CC1)CC2C(=O)N[C@@H](COCCCC(=O)c1ccon1)c1[nH]c(-c2ccc(F)cc2)nc1Cl. The average molecular weight is 1970 g/mol. The first kappa shape index (κ1) is 103. The van der Waals surface area contributed by atoms with E-state index < -0.39 is 24.2 Å². The molecule has 16 rings (SSSR count). The lowest BCUT2D eigenvalue weighted by molar-refractivity contribution is -0.131. The number of piperidine rings is 1. The van der Waals surface area contributed by atoms with Crippen LogP contribution in [-0.4, -0.2) is 261 Å². The maximum Gasteiger partial charge on any atom is 0.234 e. The van der Waals surface area contributed by atoms with E-state index >= 15 is 0 Å². The fourth-order valence-corrected chi connectivity index (χ4v) is 16.4. The van der Waals surface area contributed by atoms with Crippen LogP contribution in [0.2, 0.25) is 15.5 Å². The molecule has 1 aliphatic carbocycles. The van der Waals surface area contributed by atoms with Gasteiger partial charge in [-0.25, -0.2) is 37.5 Å². The van der Waals surface area contributed by atoms with Crippen molar-refractivity contribution in [3.63, 3.8) is 0 Å². The molecule has 3 saturated heterocycles. The van der Waals surface area contributed by atoms with Crippen molar-refractivity contribution in [2.24, 2.45) is 23.2 Å². The van der Waals surface area contributed by atoms with Gasteiger partial charge in [-0.05, 0) is 184 Å². The van der Waals surface area contributed by atoms with E-state index in [0.717, 1.165) is 32.4 Å². The molecular formula is C95H107Cl3F4N20O16. The van der Waals surface area contributed by atoms with Crippen LogP contribution in [0.25, 0.3) is 45.4 Å². The third kappa shape index (κ3) is 29.5. The molecule has 1 unspecified atom stereocenters. The number of halogens is 7. The summed E-state index contributed by atoms with van der Waals surface area (Å²) in [6.07, 6.45) is 12.9. The number of aromatic amines is 4. The second-order valence-corrected chi connectivity index (χ2v) is 35.4. The van der Waals surface area contributed by atoms with E-state index in [0.29, 0.717) is 158 Å². The number of carbonyl (C=O) groups excluding carboxylic acids is 8. The van der Waals surface area contributed by atoms with Gasteiger partial charge in [-0.15, -0.1) is 0 Å². The number of ketones is 4. The van der Waals surface area contributed by atoms with E-state index in [-0.39, 0.29) is 179 Å². The number of likely N-dealkylation sites (tertiary alicyclic amines) is 3. The van der Waals surface area contributed by atoms with Crippen molar-refractivity contribution >= 4 is 81.6 Å². The first-order valence-electron chi connectivity index (χ1n) is 44.9. The number of likely N-dealkylation sites (N-methyl/N-ethyl adjacent to an activating group) is 1. The van der Waals surface area contributed by atoms with Crippen LogP contribution in [0.5, 0.6) is 0 Å². The van der Waals surface area contributed by atoms with Crippen LogP contribution >= 0.6 is 34.8 Å². The number of rotatable bonds is 45. The van der Waals surface area contributed by atoms with Gasteiger partial charge in [0.1, 0.15) is 100 Å². The number of ether oxygens (including phenoxy) is 4. The molecule has 12 aromatic rings. The Kier molecular flexibility index (Phi) is 37.3. The second-order valence-electron chi connectivity index (χ2n) is 34.3. The fourth-order valence-electron chi connectivity index (χ4n) is 15.7. The van der Waals surface area contributed by atoms with Crippen molar-refractivity contribution in [1.82, 2.24) is 101 Å². The molecule has 138 heavy (non-hydrogen) atoms. The molecule has 1 spiro atoms. The molecule has 8 aromatic heterocycles. The lowest BCUT2D eigenvalue weighted by atomic mass is 9.91. The van der Waals surface area contributed by atoms with Crippen LogP contribution in [0, 0.1) is 46.4 Å². The number of amides is 4. The minimum Gasteiger partial charge on any atom is -0.379 e. The normalized spacial score (nSPS) is 15.6. The summed E-state index contributed by atoms with van der Waals surface area (Å²) in [7, 11) is 9.58. The van der Waals surface area contributed by atoms with Gasteiger partial charge in [0.2, 0.25) is 23.6 Å². The van der Waals surface area contributed by atoms with Gasteiger partial charge >= 0.3 is 0 Å². The maximum atomic E-state index is 14.2. The number of carbonyl (C=O) groups is 8. The fraction of sp³-hybridized carbons (Fsp3) is 0.411. The molecule has 3 aliphatic heterocycles. The molecule has 11 heterocycles. The lowest BCUT2D eigenvalue weighted by Crippen LogP contribution is -2.52. The number of benzene rings is 4. The molecule has 5 atom stereocenters. The van der Waals surface area contributed by atoms with Crippen LogP contribution in [0.4, 0.5) is 17.6 Å². The first-order chi connectivity index (χ1) is 66.6. The van der Waals surface area contributed by atoms with E-state index in [4.69, 9.17) is 58.3 Å². The van der Waals surface area contributed by atoms with Gasteiger partial charge < -0.3 is 97.8 Å². The summed E-state index contributed by atoms with van der Waals surface area (Å²) in [5.74, 6) is -0.698. The Balaban J connectivity index is 0.000000156. The van der Waals surface area contributed by atoms with Gasteiger partial charge in [-0.1, -0.05) is 67.6 Å². The number of Topliss-reactive ketones (excluding diaryl/α,β-unsaturated/α-hetero) is 4. The van der Waals surface area contributed by atoms with Gasteiger partial charge in [0, 0.05) is 131 Å². The van der Waals surface area contributed by atoms with E-state index in [1.807, 2.05) is 14.1 Å². The van der Waals surface area contributed by atoms with Gasteiger partial charge in [0.15, 0.2) is 38.6 Å².